The molecule has 188 valence electrons. The second-order valence-corrected chi connectivity index (χ2v) is 10.4. The second-order valence-electron chi connectivity index (χ2n) is 8.78. The molecule has 0 aliphatic heterocycles. The molecule has 0 aliphatic carbocycles. The van der Waals surface area contributed by atoms with Crippen molar-refractivity contribution in [2.75, 3.05) is 11.3 Å². The van der Waals surface area contributed by atoms with E-state index in [0.717, 1.165) is 33.9 Å². The summed E-state index contributed by atoms with van der Waals surface area (Å²) in [6.07, 6.45) is 0.750. The van der Waals surface area contributed by atoms with Gasteiger partial charge in [-0.05, 0) is 37.3 Å². The van der Waals surface area contributed by atoms with E-state index >= 15 is 0 Å². The minimum atomic E-state index is -4.28. The number of nitrogens with two attached hydrogens (primary N) is 1. The first-order valence-corrected chi connectivity index (χ1v) is 12.5. The zero-order valence-corrected chi connectivity index (χ0v) is 21.1. The Hall–Kier alpha value is -3.51. The number of carboxylic acids is 1. The monoisotopic (exact) mass is 502 g/mol. The standard InChI is InChI=1S/C23H30N6O5S/c1-13(2)9-16(24)12-34-19-10-17(21-14(3)7-6-8-15(21)4)25-23(26-19)28-35(32,33)20-11-18(22(30)31)29(5)27-20/h6-8,10-11,13,16H,9,12,24H2,1-5H3,(H,30,31)(H,25,26,28). The Morgan fingerprint density at radius 2 is 1.86 bits per heavy atom. The van der Waals surface area contributed by atoms with Gasteiger partial charge in [0, 0.05) is 30.8 Å². The van der Waals surface area contributed by atoms with Gasteiger partial charge in [0.1, 0.15) is 12.3 Å². The zero-order valence-electron chi connectivity index (χ0n) is 20.3. The molecular formula is C23H30N6O5S. The van der Waals surface area contributed by atoms with Gasteiger partial charge < -0.3 is 15.6 Å². The van der Waals surface area contributed by atoms with Gasteiger partial charge in [-0.3, -0.25) is 4.68 Å². The van der Waals surface area contributed by atoms with Crippen LogP contribution in [0.2, 0.25) is 0 Å². The van der Waals surface area contributed by atoms with E-state index in [-0.39, 0.29) is 30.2 Å². The van der Waals surface area contributed by atoms with Crippen LogP contribution in [0.3, 0.4) is 0 Å². The lowest BCUT2D eigenvalue weighted by Crippen LogP contribution is -2.29. The van der Waals surface area contributed by atoms with Gasteiger partial charge >= 0.3 is 5.97 Å². The number of hydrogen-bond acceptors (Lipinski definition) is 8. The van der Waals surface area contributed by atoms with E-state index in [1.54, 1.807) is 6.07 Å². The quantitative estimate of drug-likeness (QED) is 0.378. The van der Waals surface area contributed by atoms with Crippen molar-refractivity contribution in [3.05, 3.63) is 47.2 Å². The summed E-state index contributed by atoms with van der Waals surface area (Å²) in [5.74, 6) is -0.995. The molecule has 11 nitrogen and oxygen atoms in total. The molecule has 0 fully saturated rings. The van der Waals surface area contributed by atoms with Gasteiger partial charge in [0.25, 0.3) is 10.0 Å². The maximum absolute atomic E-state index is 12.9. The third kappa shape index (κ3) is 6.34. The summed E-state index contributed by atoms with van der Waals surface area (Å²) >= 11 is 0. The van der Waals surface area contributed by atoms with Gasteiger partial charge in [-0.2, -0.15) is 18.5 Å². The molecular weight excluding hydrogens is 472 g/mol. The molecule has 1 unspecified atom stereocenters. The highest BCUT2D eigenvalue weighted by molar-refractivity contribution is 7.92. The van der Waals surface area contributed by atoms with Crippen LogP contribution in [0.5, 0.6) is 5.88 Å². The largest absolute Gasteiger partial charge is 0.477 e. The molecule has 0 radical (unpaired) electrons. The van der Waals surface area contributed by atoms with E-state index in [2.05, 4.69) is 33.6 Å². The topological polar surface area (TPSA) is 162 Å². The van der Waals surface area contributed by atoms with Gasteiger partial charge in [-0.15, -0.1) is 0 Å². The highest BCUT2D eigenvalue weighted by Gasteiger charge is 2.24. The van der Waals surface area contributed by atoms with Crippen LogP contribution in [0.15, 0.2) is 35.4 Å². The lowest BCUT2D eigenvalue weighted by atomic mass is 10.00. The average Bonchev–Trinajstić information content (AvgIpc) is 3.14. The van der Waals surface area contributed by atoms with Crippen LogP contribution in [-0.2, 0) is 17.1 Å². The molecule has 2 heterocycles. The van der Waals surface area contributed by atoms with E-state index in [9.17, 15) is 18.3 Å². The number of aryl methyl sites for hydroxylation is 3. The Labute approximate surface area is 204 Å². The van der Waals surface area contributed by atoms with Gasteiger partial charge in [-0.1, -0.05) is 32.0 Å². The molecule has 1 aromatic carbocycles. The summed E-state index contributed by atoms with van der Waals surface area (Å²) in [6, 6.07) is 8.14. The third-order valence-corrected chi connectivity index (χ3v) is 6.44. The molecule has 2 aromatic heterocycles. The molecule has 0 aliphatic rings. The molecule has 0 amide bonds. The fourth-order valence-corrected chi connectivity index (χ4v) is 4.63. The number of benzene rings is 1. The highest BCUT2D eigenvalue weighted by atomic mass is 32.2. The normalized spacial score (nSPS) is 12.5. The first kappa shape index (κ1) is 26.1. The van der Waals surface area contributed by atoms with E-state index < -0.39 is 21.0 Å². The summed E-state index contributed by atoms with van der Waals surface area (Å²) < 4.78 is 35.0. The van der Waals surface area contributed by atoms with Crippen LogP contribution >= 0.6 is 0 Å². The van der Waals surface area contributed by atoms with Crippen LogP contribution in [0, 0.1) is 19.8 Å². The minimum absolute atomic E-state index is 0.154. The Kier molecular flexibility index (Phi) is 7.76. The number of aromatic carboxylic acids is 1. The summed E-state index contributed by atoms with van der Waals surface area (Å²) in [7, 11) is -2.94. The van der Waals surface area contributed by atoms with Gasteiger partial charge in [0.15, 0.2) is 5.03 Å². The summed E-state index contributed by atoms with van der Waals surface area (Å²) in [5, 5.41) is 12.5. The predicted octanol–water partition coefficient (Wildman–Crippen LogP) is 2.75. The van der Waals surface area contributed by atoms with Crippen LogP contribution in [0.4, 0.5) is 5.95 Å². The molecule has 4 N–H and O–H groups in total. The zero-order chi connectivity index (χ0) is 25.9. The van der Waals surface area contributed by atoms with Crippen molar-refractivity contribution in [1.82, 2.24) is 19.7 Å². The predicted molar refractivity (Wildman–Crippen MR) is 131 cm³/mol. The molecule has 0 saturated heterocycles. The smallest absolute Gasteiger partial charge is 0.354 e. The lowest BCUT2D eigenvalue weighted by Gasteiger charge is -2.16. The van der Waals surface area contributed by atoms with Crippen LogP contribution < -0.4 is 15.2 Å². The summed E-state index contributed by atoms with van der Waals surface area (Å²) in [4.78, 5) is 19.9. The first-order chi connectivity index (χ1) is 16.4. The van der Waals surface area contributed by atoms with Gasteiger partial charge in [-0.25, -0.2) is 14.5 Å². The van der Waals surface area contributed by atoms with E-state index in [4.69, 9.17) is 10.5 Å². The molecule has 12 heteroatoms. The van der Waals surface area contributed by atoms with Crippen molar-refractivity contribution in [3.63, 3.8) is 0 Å². The fourth-order valence-electron chi connectivity index (χ4n) is 3.70. The molecule has 3 rings (SSSR count). The number of aromatic nitrogens is 4. The van der Waals surface area contributed by atoms with Gasteiger partial charge in [0.2, 0.25) is 11.8 Å². The second kappa shape index (κ2) is 10.4. The average molecular weight is 503 g/mol. The van der Waals surface area contributed by atoms with Crippen molar-refractivity contribution in [2.45, 2.75) is 45.2 Å². The number of carbonyl (C=O) groups is 1. The number of hydrogen-bond donors (Lipinski definition) is 3. The Morgan fingerprint density at radius 1 is 1.20 bits per heavy atom. The Balaban J connectivity index is 2.01. The number of sulfonamides is 1. The first-order valence-electron chi connectivity index (χ1n) is 11.0. The molecule has 0 saturated carbocycles. The molecule has 1 atom stereocenters. The SMILES string of the molecule is Cc1cccc(C)c1-c1cc(OCC(N)CC(C)C)nc(NS(=O)(=O)c2cc(C(=O)O)n(C)n2)n1. The number of ether oxygens (including phenoxy) is 1. The molecule has 35 heavy (non-hydrogen) atoms. The van der Waals surface area contributed by atoms with Crippen LogP contribution in [0.25, 0.3) is 11.3 Å². The molecule has 0 spiro atoms. The number of nitrogens with one attached hydrogen (secondary N) is 1. The van der Waals surface area contributed by atoms with Crippen molar-refractivity contribution >= 4 is 21.9 Å². The fraction of sp³-hybridized carbons (Fsp3) is 0.391. The number of carboxylic acid groups (broad SMARTS) is 1. The maximum Gasteiger partial charge on any atom is 0.354 e. The van der Waals surface area contributed by atoms with Crippen molar-refractivity contribution in [2.24, 2.45) is 18.7 Å². The Morgan fingerprint density at radius 3 is 2.43 bits per heavy atom. The number of anilines is 1. The van der Waals surface area contributed by atoms with Crippen molar-refractivity contribution < 1.29 is 23.1 Å². The lowest BCUT2D eigenvalue weighted by molar-refractivity contribution is 0.0685. The van der Waals surface area contributed by atoms with Crippen molar-refractivity contribution in [1.29, 1.82) is 0 Å². The number of nitrogens with zero attached hydrogens (tertiary/aromatic N) is 4. The highest BCUT2D eigenvalue weighted by Crippen LogP contribution is 2.29. The van der Waals surface area contributed by atoms with E-state index in [1.807, 2.05) is 32.0 Å². The van der Waals surface area contributed by atoms with Crippen LogP contribution in [0.1, 0.15) is 41.9 Å². The van der Waals surface area contributed by atoms with Crippen molar-refractivity contribution in [3.8, 4) is 17.1 Å². The van der Waals surface area contributed by atoms with Gasteiger partial charge in [0.05, 0.1) is 5.69 Å². The molecule has 3 aromatic rings. The maximum atomic E-state index is 12.9. The third-order valence-electron chi connectivity index (χ3n) is 5.24. The minimum Gasteiger partial charge on any atom is -0.477 e. The Bertz CT molecular complexity index is 1320. The summed E-state index contributed by atoms with van der Waals surface area (Å²) in [6.45, 7) is 8.16. The summed E-state index contributed by atoms with van der Waals surface area (Å²) in [5.41, 5.74) is 9.02. The van der Waals surface area contributed by atoms with E-state index in [0.29, 0.717) is 11.6 Å². The molecule has 0 bridgehead atoms. The van der Waals surface area contributed by atoms with E-state index in [1.165, 1.54) is 7.05 Å². The number of rotatable bonds is 10. The van der Waals surface area contributed by atoms with Crippen LogP contribution in [-0.4, -0.2) is 51.9 Å².